The standard InChI is InChI=1S/C10H16N2O3S/c1-3-8(13)11-4-5-12-9(14)6-7(16-2)10(12)15/h7H,3-6H2,1-2H3,(H,11,13). The first kappa shape index (κ1) is 13.0. The highest BCUT2D eigenvalue weighted by molar-refractivity contribution is 8.00. The van der Waals surface area contributed by atoms with Crippen molar-refractivity contribution in [2.75, 3.05) is 19.3 Å². The predicted molar refractivity (Wildman–Crippen MR) is 61.9 cm³/mol. The highest BCUT2D eigenvalue weighted by Gasteiger charge is 2.37. The zero-order valence-corrected chi connectivity index (χ0v) is 10.3. The zero-order valence-electron chi connectivity index (χ0n) is 9.49. The molecule has 0 radical (unpaired) electrons. The van der Waals surface area contributed by atoms with Crippen molar-refractivity contribution in [3.05, 3.63) is 0 Å². The second-order valence-electron chi connectivity index (χ2n) is 3.52. The first-order chi connectivity index (χ1) is 7.60. The highest BCUT2D eigenvalue weighted by Crippen LogP contribution is 2.22. The quantitative estimate of drug-likeness (QED) is 0.691. The fourth-order valence-corrected chi connectivity index (χ4v) is 2.14. The van der Waals surface area contributed by atoms with Gasteiger partial charge in [0, 0.05) is 25.9 Å². The molecule has 1 unspecified atom stereocenters. The first-order valence-corrected chi connectivity index (χ1v) is 6.52. The zero-order chi connectivity index (χ0) is 12.1. The summed E-state index contributed by atoms with van der Waals surface area (Å²) in [5.74, 6) is -0.348. The lowest BCUT2D eigenvalue weighted by Crippen LogP contribution is -2.38. The van der Waals surface area contributed by atoms with Crippen LogP contribution in [0.2, 0.25) is 0 Å². The number of nitrogens with one attached hydrogen (secondary N) is 1. The van der Waals surface area contributed by atoms with Gasteiger partial charge in [0.2, 0.25) is 17.7 Å². The molecule has 0 aromatic rings. The Bertz CT molecular complexity index is 306. The van der Waals surface area contributed by atoms with Gasteiger partial charge in [0.25, 0.3) is 0 Å². The van der Waals surface area contributed by atoms with Gasteiger partial charge in [-0.2, -0.15) is 11.8 Å². The number of amides is 3. The van der Waals surface area contributed by atoms with Crippen LogP contribution in [0.4, 0.5) is 0 Å². The van der Waals surface area contributed by atoms with Gasteiger partial charge in [-0.3, -0.25) is 19.3 Å². The van der Waals surface area contributed by atoms with Gasteiger partial charge in [-0.25, -0.2) is 0 Å². The van der Waals surface area contributed by atoms with E-state index in [4.69, 9.17) is 0 Å². The van der Waals surface area contributed by atoms with E-state index in [0.29, 0.717) is 13.0 Å². The van der Waals surface area contributed by atoms with Gasteiger partial charge in [0.15, 0.2) is 0 Å². The van der Waals surface area contributed by atoms with Crippen LogP contribution in [0.3, 0.4) is 0 Å². The Balaban J connectivity index is 2.40. The molecule has 1 saturated heterocycles. The van der Waals surface area contributed by atoms with E-state index in [1.54, 1.807) is 6.92 Å². The number of thioether (sulfide) groups is 1. The third-order valence-corrected chi connectivity index (χ3v) is 3.40. The van der Waals surface area contributed by atoms with Crippen LogP contribution in [-0.4, -0.2) is 47.2 Å². The molecule has 3 amide bonds. The van der Waals surface area contributed by atoms with E-state index in [2.05, 4.69) is 5.32 Å². The lowest BCUT2D eigenvalue weighted by Gasteiger charge is -2.14. The summed E-state index contributed by atoms with van der Waals surface area (Å²) in [6.45, 7) is 2.37. The van der Waals surface area contributed by atoms with Crippen LogP contribution in [0, 0.1) is 0 Å². The van der Waals surface area contributed by atoms with Gasteiger partial charge in [0.05, 0.1) is 5.25 Å². The second-order valence-corrected chi connectivity index (χ2v) is 4.56. The minimum absolute atomic E-state index is 0.0690. The number of carbonyl (C=O) groups excluding carboxylic acids is 3. The van der Waals surface area contributed by atoms with Crippen molar-refractivity contribution in [3.8, 4) is 0 Å². The Hall–Kier alpha value is -1.04. The van der Waals surface area contributed by atoms with E-state index in [1.165, 1.54) is 16.7 Å². The summed E-state index contributed by atoms with van der Waals surface area (Å²) < 4.78 is 0. The molecule has 1 N–H and O–H groups in total. The molecular weight excluding hydrogens is 228 g/mol. The number of hydrogen-bond acceptors (Lipinski definition) is 4. The largest absolute Gasteiger partial charge is 0.354 e. The Morgan fingerprint density at radius 3 is 2.75 bits per heavy atom. The molecule has 1 fully saturated rings. The molecule has 6 heteroatoms. The molecule has 1 rings (SSSR count). The van der Waals surface area contributed by atoms with E-state index in [-0.39, 0.29) is 35.9 Å². The number of nitrogens with zero attached hydrogens (tertiary/aromatic N) is 1. The van der Waals surface area contributed by atoms with E-state index >= 15 is 0 Å². The third-order valence-electron chi connectivity index (χ3n) is 2.47. The minimum atomic E-state index is -0.241. The molecule has 0 bridgehead atoms. The van der Waals surface area contributed by atoms with Crippen LogP contribution in [0.1, 0.15) is 19.8 Å². The predicted octanol–water partition coefficient (Wildman–Crippen LogP) is 0.00310. The number of likely N-dealkylation sites (tertiary alicyclic amines) is 1. The van der Waals surface area contributed by atoms with Gasteiger partial charge >= 0.3 is 0 Å². The molecule has 16 heavy (non-hydrogen) atoms. The molecule has 0 aliphatic carbocycles. The fraction of sp³-hybridized carbons (Fsp3) is 0.700. The average molecular weight is 244 g/mol. The Kier molecular flexibility index (Phi) is 4.79. The highest BCUT2D eigenvalue weighted by atomic mass is 32.2. The molecule has 0 saturated carbocycles. The van der Waals surface area contributed by atoms with Gasteiger partial charge in [-0.1, -0.05) is 6.92 Å². The normalized spacial score (nSPS) is 20.4. The monoisotopic (exact) mass is 244 g/mol. The fourth-order valence-electron chi connectivity index (χ4n) is 1.50. The van der Waals surface area contributed by atoms with E-state index < -0.39 is 0 Å². The Labute approximate surface area is 98.9 Å². The molecular formula is C10H16N2O3S. The van der Waals surface area contributed by atoms with Gasteiger partial charge in [-0.05, 0) is 6.26 Å². The maximum absolute atomic E-state index is 11.7. The molecule has 0 spiro atoms. The lowest BCUT2D eigenvalue weighted by molar-refractivity contribution is -0.138. The molecule has 0 aromatic carbocycles. The molecule has 90 valence electrons. The molecule has 5 nitrogen and oxygen atoms in total. The summed E-state index contributed by atoms with van der Waals surface area (Å²) in [5.41, 5.74) is 0. The van der Waals surface area contributed by atoms with Crippen molar-refractivity contribution in [3.63, 3.8) is 0 Å². The molecule has 1 aliphatic heterocycles. The van der Waals surface area contributed by atoms with Crippen LogP contribution in [-0.2, 0) is 14.4 Å². The molecule has 0 aromatic heterocycles. The first-order valence-electron chi connectivity index (χ1n) is 5.23. The smallest absolute Gasteiger partial charge is 0.242 e. The van der Waals surface area contributed by atoms with Crippen LogP contribution < -0.4 is 5.32 Å². The van der Waals surface area contributed by atoms with Crippen molar-refractivity contribution >= 4 is 29.5 Å². The van der Waals surface area contributed by atoms with E-state index in [1.807, 2.05) is 6.26 Å². The van der Waals surface area contributed by atoms with E-state index in [9.17, 15) is 14.4 Å². The van der Waals surface area contributed by atoms with Crippen molar-refractivity contribution in [2.45, 2.75) is 25.0 Å². The van der Waals surface area contributed by atoms with E-state index in [0.717, 1.165) is 0 Å². The maximum atomic E-state index is 11.7. The van der Waals surface area contributed by atoms with Crippen LogP contribution in [0.15, 0.2) is 0 Å². The van der Waals surface area contributed by atoms with Crippen molar-refractivity contribution < 1.29 is 14.4 Å². The van der Waals surface area contributed by atoms with Crippen molar-refractivity contribution in [1.29, 1.82) is 0 Å². The molecule has 1 atom stereocenters. The number of hydrogen-bond donors (Lipinski definition) is 1. The third kappa shape index (κ3) is 2.98. The molecule has 1 heterocycles. The topological polar surface area (TPSA) is 66.5 Å². The van der Waals surface area contributed by atoms with Crippen LogP contribution in [0.25, 0.3) is 0 Å². The van der Waals surface area contributed by atoms with Gasteiger partial charge in [-0.15, -0.1) is 0 Å². The lowest BCUT2D eigenvalue weighted by atomic mass is 10.4. The Morgan fingerprint density at radius 1 is 1.56 bits per heavy atom. The van der Waals surface area contributed by atoms with Gasteiger partial charge < -0.3 is 5.32 Å². The Morgan fingerprint density at radius 2 is 2.25 bits per heavy atom. The minimum Gasteiger partial charge on any atom is -0.354 e. The SMILES string of the molecule is CCC(=O)NCCN1C(=O)CC(SC)C1=O. The van der Waals surface area contributed by atoms with Crippen LogP contribution in [0.5, 0.6) is 0 Å². The average Bonchev–Trinajstić information content (AvgIpc) is 2.55. The molecule has 1 aliphatic rings. The van der Waals surface area contributed by atoms with Crippen molar-refractivity contribution in [2.24, 2.45) is 0 Å². The van der Waals surface area contributed by atoms with Crippen LogP contribution >= 0.6 is 11.8 Å². The summed E-state index contributed by atoms with van der Waals surface area (Å²) >= 11 is 1.39. The summed E-state index contributed by atoms with van der Waals surface area (Å²) in [6.07, 6.45) is 2.51. The van der Waals surface area contributed by atoms with Crippen molar-refractivity contribution in [1.82, 2.24) is 10.2 Å². The van der Waals surface area contributed by atoms with Gasteiger partial charge in [0.1, 0.15) is 0 Å². The number of carbonyl (C=O) groups is 3. The summed E-state index contributed by atoms with van der Waals surface area (Å²) in [5, 5.41) is 2.40. The number of imide groups is 1. The second kappa shape index (κ2) is 5.89. The summed E-state index contributed by atoms with van der Waals surface area (Å²) in [6, 6.07) is 0. The maximum Gasteiger partial charge on any atom is 0.242 e. The summed E-state index contributed by atoms with van der Waals surface area (Å²) in [7, 11) is 0. The summed E-state index contributed by atoms with van der Waals surface area (Å²) in [4.78, 5) is 35.3. The number of rotatable bonds is 5.